The molecule has 3 rings (SSSR count). The second-order valence-corrected chi connectivity index (χ2v) is 8.15. The molecule has 0 aromatic heterocycles. The van der Waals surface area contributed by atoms with E-state index in [0.717, 1.165) is 0 Å². The summed E-state index contributed by atoms with van der Waals surface area (Å²) in [4.78, 5) is 36.5. The SMILES string of the molecule is O=C(Cc1cc(C(F)(F)F)cc(C(F)(F)F)c1)N[C@@H](Cc1ccc(C(=O)c2ccccc2)cc1)C(=O)O. The molecule has 194 valence electrons. The number of halogens is 6. The van der Waals surface area contributed by atoms with Crippen molar-refractivity contribution in [2.45, 2.75) is 31.2 Å². The maximum Gasteiger partial charge on any atom is 0.416 e. The molecule has 0 spiro atoms. The van der Waals surface area contributed by atoms with Crippen LogP contribution in [0.25, 0.3) is 0 Å². The van der Waals surface area contributed by atoms with E-state index in [-0.39, 0.29) is 18.3 Å². The van der Waals surface area contributed by atoms with Gasteiger partial charge in [0.05, 0.1) is 17.5 Å². The summed E-state index contributed by atoms with van der Waals surface area (Å²) in [5.74, 6) is -2.79. The molecule has 3 aromatic rings. The molecular weight excluding hydrogens is 504 g/mol. The van der Waals surface area contributed by atoms with Crippen LogP contribution in [0, 0.1) is 0 Å². The molecule has 1 amide bonds. The first-order valence-electron chi connectivity index (χ1n) is 10.7. The number of alkyl halides is 6. The quantitative estimate of drug-likeness (QED) is 0.310. The molecule has 0 saturated heterocycles. The van der Waals surface area contributed by atoms with E-state index in [1.807, 2.05) is 0 Å². The molecule has 2 N–H and O–H groups in total. The van der Waals surface area contributed by atoms with Crippen molar-refractivity contribution in [3.05, 3.63) is 106 Å². The van der Waals surface area contributed by atoms with Gasteiger partial charge < -0.3 is 10.4 Å². The number of ketones is 1. The van der Waals surface area contributed by atoms with E-state index in [2.05, 4.69) is 5.32 Å². The first-order chi connectivity index (χ1) is 17.2. The van der Waals surface area contributed by atoms with Gasteiger partial charge in [0.2, 0.25) is 5.91 Å². The average Bonchev–Trinajstić information content (AvgIpc) is 2.83. The van der Waals surface area contributed by atoms with Crippen molar-refractivity contribution >= 4 is 17.7 Å². The normalized spacial score (nSPS) is 12.6. The average molecular weight is 523 g/mol. The third-order valence-electron chi connectivity index (χ3n) is 5.34. The highest BCUT2D eigenvalue weighted by atomic mass is 19.4. The molecule has 37 heavy (non-hydrogen) atoms. The molecule has 5 nitrogen and oxygen atoms in total. The summed E-state index contributed by atoms with van der Waals surface area (Å²) in [7, 11) is 0. The largest absolute Gasteiger partial charge is 0.480 e. The molecule has 0 aliphatic rings. The van der Waals surface area contributed by atoms with Crippen molar-refractivity contribution in [1.82, 2.24) is 5.32 Å². The van der Waals surface area contributed by atoms with Gasteiger partial charge in [-0.3, -0.25) is 9.59 Å². The van der Waals surface area contributed by atoms with E-state index in [1.54, 1.807) is 30.3 Å². The predicted molar refractivity (Wildman–Crippen MR) is 120 cm³/mol. The molecule has 0 heterocycles. The van der Waals surface area contributed by atoms with Crippen molar-refractivity contribution < 1.29 is 45.8 Å². The fourth-order valence-electron chi connectivity index (χ4n) is 3.54. The topological polar surface area (TPSA) is 83.5 Å². The molecule has 3 aromatic carbocycles. The van der Waals surface area contributed by atoms with Crippen molar-refractivity contribution in [1.29, 1.82) is 0 Å². The number of rotatable bonds is 8. The van der Waals surface area contributed by atoms with E-state index >= 15 is 0 Å². The molecule has 0 radical (unpaired) electrons. The molecule has 0 unspecified atom stereocenters. The molecule has 0 saturated carbocycles. The molecule has 0 fully saturated rings. The molecule has 0 aliphatic heterocycles. The van der Waals surface area contributed by atoms with E-state index in [9.17, 15) is 45.8 Å². The van der Waals surface area contributed by atoms with Crippen molar-refractivity contribution in [2.75, 3.05) is 0 Å². The Balaban J connectivity index is 1.72. The first-order valence-corrected chi connectivity index (χ1v) is 10.7. The Labute approximate surface area is 206 Å². The minimum absolute atomic E-state index is 0.0618. The van der Waals surface area contributed by atoms with Crippen LogP contribution in [-0.4, -0.2) is 28.8 Å². The highest BCUT2D eigenvalue weighted by molar-refractivity contribution is 6.08. The lowest BCUT2D eigenvalue weighted by Crippen LogP contribution is -2.43. The zero-order valence-electron chi connectivity index (χ0n) is 18.9. The predicted octanol–water partition coefficient (Wildman–Crippen LogP) is 5.31. The standard InChI is InChI=1S/C26H19F6NO4/c27-25(28,29)19-10-16(11-20(14-19)26(30,31)32)13-22(34)33-21(24(36)37)12-15-6-8-18(9-7-15)23(35)17-4-2-1-3-5-17/h1-11,14,21H,12-13H2,(H,33,34)(H,36,37)/t21-/m0/s1. The van der Waals surface area contributed by atoms with Gasteiger partial charge in [-0.15, -0.1) is 0 Å². The Morgan fingerprint density at radius 2 is 1.24 bits per heavy atom. The third-order valence-corrected chi connectivity index (χ3v) is 5.34. The smallest absolute Gasteiger partial charge is 0.416 e. The number of hydrogen-bond acceptors (Lipinski definition) is 3. The van der Waals surface area contributed by atoms with E-state index < -0.39 is 53.4 Å². The first kappa shape index (κ1) is 27.4. The van der Waals surface area contributed by atoms with Crippen molar-refractivity contribution in [3.63, 3.8) is 0 Å². The maximum atomic E-state index is 13.0. The van der Waals surface area contributed by atoms with Crippen molar-refractivity contribution in [3.8, 4) is 0 Å². The summed E-state index contributed by atoms with van der Waals surface area (Å²) in [5, 5.41) is 11.6. The number of hydrogen-bond donors (Lipinski definition) is 2. The number of aliphatic carboxylic acids is 1. The second kappa shape index (κ2) is 10.9. The lowest BCUT2D eigenvalue weighted by Gasteiger charge is -2.17. The fraction of sp³-hybridized carbons (Fsp3) is 0.192. The third kappa shape index (κ3) is 7.42. The summed E-state index contributed by atoms with van der Waals surface area (Å²) < 4.78 is 78.2. The van der Waals surface area contributed by atoms with Gasteiger partial charge in [0, 0.05) is 17.5 Å². The second-order valence-electron chi connectivity index (χ2n) is 8.15. The highest BCUT2D eigenvalue weighted by Gasteiger charge is 2.37. The van der Waals surface area contributed by atoms with E-state index in [4.69, 9.17) is 0 Å². The van der Waals surface area contributed by atoms with Crippen LogP contribution in [0.1, 0.15) is 38.2 Å². The zero-order valence-corrected chi connectivity index (χ0v) is 18.9. The van der Waals surface area contributed by atoms with Gasteiger partial charge >= 0.3 is 18.3 Å². The zero-order chi connectivity index (χ0) is 27.4. The molecule has 0 bridgehead atoms. The number of carbonyl (C=O) groups excluding carboxylic acids is 2. The number of carboxylic acid groups (broad SMARTS) is 1. The van der Waals surface area contributed by atoms with Gasteiger partial charge in [0.15, 0.2) is 5.78 Å². The Morgan fingerprint density at radius 3 is 1.73 bits per heavy atom. The number of benzene rings is 3. The van der Waals surface area contributed by atoms with Crippen molar-refractivity contribution in [2.24, 2.45) is 0 Å². The van der Waals surface area contributed by atoms with Gasteiger partial charge in [0.1, 0.15) is 6.04 Å². The number of nitrogens with one attached hydrogen (secondary N) is 1. The summed E-state index contributed by atoms with van der Waals surface area (Å²) in [6.45, 7) is 0. The Bertz CT molecular complexity index is 1250. The lowest BCUT2D eigenvalue weighted by molar-refractivity contribution is -0.143. The number of amides is 1. The van der Waals surface area contributed by atoms with Gasteiger partial charge in [-0.05, 0) is 29.3 Å². The minimum Gasteiger partial charge on any atom is -0.480 e. The molecular formula is C26H19F6NO4. The summed E-state index contributed by atoms with van der Waals surface area (Å²) >= 11 is 0. The Hall–Kier alpha value is -4.15. The van der Waals surface area contributed by atoms with Crippen LogP contribution in [0.2, 0.25) is 0 Å². The maximum absolute atomic E-state index is 13.0. The Kier molecular flexibility index (Phi) is 8.05. The fourth-order valence-corrected chi connectivity index (χ4v) is 3.54. The van der Waals surface area contributed by atoms with E-state index in [0.29, 0.717) is 28.8 Å². The van der Waals surface area contributed by atoms with E-state index in [1.165, 1.54) is 24.3 Å². The van der Waals surface area contributed by atoms with Crippen LogP contribution in [0.3, 0.4) is 0 Å². The van der Waals surface area contributed by atoms with Crippen LogP contribution >= 0.6 is 0 Å². The highest BCUT2D eigenvalue weighted by Crippen LogP contribution is 2.36. The van der Waals surface area contributed by atoms with Gasteiger partial charge in [-0.25, -0.2) is 4.79 Å². The number of carboxylic acids is 1. The lowest BCUT2D eigenvalue weighted by atomic mass is 9.99. The summed E-state index contributed by atoms with van der Waals surface area (Å²) in [6.07, 6.45) is -11.3. The Morgan fingerprint density at radius 1 is 0.730 bits per heavy atom. The van der Waals surface area contributed by atoms with Crippen LogP contribution in [0.5, 0.6) is 0 Å². The van der Waals surface area contributed by atoms with Gasteiger partial charge in [-0.1, -0.05) is 54.6 Å². The molecule has 11 heteroatoms. The van der Waals surface area contributed by atoms with Gasteiger partial charge in [-0.2, -0.15) is 26.3 Å². The summed E-state index contributed by atoms with van der Waals surface area (Å²) in [5.41, 5.74) is -2.51. The summed E-state index contributed by atoms with van der Waals surface area (Å²) in [6, 6.07) is 13.6. The minimum atomic E-state index is -5.08. The van der Waals surface area contributed by atoms with Gasteiger partial charge in [0.25, 0.3) is 0 Å². The van der Waals surface area contributed by atoms with Crippen LogP contribution in [-0.2, 0) is 34.8 Å². The number of carbonyl (C=O) groups is 3. The molecule has 0 aliphatic carbocycles. The van der Waals surface area contributed by atoms with Crippen LogP contribution < -0.4 is 5.32 Å². The van der Waals surface area contributed by atoms with Crippen LogP contribution in [0.4, 0.5) is 26.3 Å². The molecule has 1 atom stereocenters. The monoisotopic (exact) mass is 523 g/mol. The van der Waals surface area contributed by atoms with Crippen LogP contribution in [0.15, 0.2) is 72.8 Å².